The number of ether oxygens (including phenoxy) is 1. The molecule has 3 aromatic rings. The number of aryl methyl sites for hydroxylation is 1. The van der Waals surface area contributed by atoms with Crippen LogP contribution in [0.5, 0.6) is 0 Å². The maximum Gasteiger partial charge on any atom is 0.332 e. The Kier molecular flexibility index (Phi) is 6.45. The van der Waals surface area contributed by atoms with E-state index in [1.165, 1.54) is 28.8 Å². The number of hydrogen-bond donors (Lipinski definition) is 1. The zero-order chi connectivity index (χ0) is 22.8. The summed E-state index contributed by atoms with van der Waals surface area (Å²) >= 11 is 6.18. The van der Waals surface area contributed by atoms with Crippen molar-refractivity contribution in [3.05, 3.63) is 62.0 Å². The molecule has 11 heteroatoms. The Balaban J connectivity index is 1.40. The van der Waals surface area contributed by atoms with E-state index in [1.54, 1.807) is 0 Å². The van der Waals surface area contributed by atoms with Gasteiger partial charge in [0.15, 0.2) is 11.2 Å². The Morgan fingerprint density at radius 1 is 1.22 bits per heavy atom. The van der Waals surface area contributed by atoms with Crippen molar-refractivity contribution in [3.8, 4) is 0 Å². The summed E-state index contributed by atoms with van der Waals surface area (Å²) in [6.07, 6.45) is -0.139. The van der Waals surface area contributed by atoms with Crippen LogP contribution in [0.15, 0.2) is 39.9 Å². The first-order valence-electron chi connectivity index (χ1n) is 10.3. The summed E-state index contributed by atoms with van der Waals surface area (Å²) in [6, 6.07) is 10.2. The number of imidazole rings is 1. The molecule has 170 valence electrons. The molecule has 1 atom stereocenters. The highest BCUT2D eigenvalue weighted by Gasteiger charge is 2.23. The van der Waals surface area contributed by atoms with Gasteiger partial charge in [-0.25, -0.2) is 4.79 Å². The number of nitrogens with one attached hydrogen (secondary N) is 1. The summed E-state index contributed by atoms with van der Waals surface area (Å²) in [5, 5.41) is 2.82. The Morgan fingerprint density at radius 2 is 1.97 bits per heavy atom. The van der Waals surface area contributed by atoms with Gasteiger partial charge in [0, 0.05) is 40.3 Å². The van der Waals surface area contributed by atoms with E-state index in [-0.39, 0.29) is 35.0 Å². The van der Waals surface area contributed by atoms with E-state index >= 15 is 0 Å². The van der Waals surface area contributed by atoms with Crippen molar-refractivity contribution in [2.24, 2.45) is 14.1 Å². The second kappa shape index (κ2) is 9.27. The molecule has 0 spiro atoms. The van der Waals surface area contributed by atoms with Crippen LogP contribution in [0.3, 0.4) is 0 Å². The predicted octanol–water partition coefficient (Wildman–Crippen LogP) is 0.104. The highest BCUT2D eigenvalue weighted by atomic mass is 35.5. The maximum absolute atomic E-state index is 12.6. The number of benzene rings is 1. The fourth-order valence-corrected chi connectivity index (χ4v) is 4.10. The van der Waals surface area contributed by atoms with Crippen LogP contribution in [-0.4, -0.2) is 61.8 Å². The van der Waals surface area contributed by atoms with Gasteiger partial charge in [0.25, 0.3) is 5.56 Å². The molecular formula is C21H25ClN6O4. The summed E-state index contributed by atoms with van der Waals surface area (Å²) in [5.74, 6) is -0.328. The number of morpholine rings is 1. The third kappa shape index (κ3) is 4.47. The molecule has 0 aliphatic carbocycles. The third-order valence-corrected chi connectivity index (χ3v) is 5.89. The third-order valence-electron chi connectivity index (χ3n) is 5.60. The van der Waals surface area contributed by atoms with Gasteiger partial charge in [0.05, 0.1) is 12.7 Å². The van der Waals surface area contributed by atoms with Crippen LogP contribution in [0.25, 0.3) is 11.2 Å². The summed E-state index contributed by atoms with van der Waals surface area (Å²) in [6.45, 7) is 3.10. The summed E-state index contributed by atoms with van der Waals surface area (Å²) in [7, 11) is 2.87. The first-order chi connectivity index (χ1) is 15.3. The number of carbonyl (C=O) groups is 1. The fourth-order valence-electron chi connectivity index (χ4n) is 3.88. The molecule has 0 unspecified atom stereocenters. The Hall–Kier alpha value is -2.95. The number of amides is 1. The molecule has 0 saturated carbocycles. The van der Waals surface area contributed by atoms with Gasteiger partial charge < -0.3 is 10.1 Å². The maximum atomic E-state index is 12.6. The molecule has 1 aromatic carbocycles. The zero-order valence-corrected chi connectivity index (χ0v) is 18.7. The summed E-state index contributed by atoms with van der Waals surface area (Å²) in [4.78, 5) is 43.7. The SMILES string of the molecule is Cn1c(=O)c2c(nc(Cl)n2CC(=O)NC[C@H]2CN(Cc3ccccc3)CCO2)n(C)c1=O. The molecule has 0 radical (unpaired) electrons. The predicted molar refractivity (Wildman–Crippen MR) is 120 cm³/mol. The molecule has 1 amide bonds. The molecule has 3 heterocycles. The summed E-state index contributed by atoms with van der Waals surface area (Å²) < 4.78 is 9.31. The van der Waals surface area contributed by atoms with Crippen LogP contribution >= 0.6 is 11.6 Å². The molecule has 32 heavy (non-hydrogen) atoms. The molecule has 1 fully saturated rings. The van der Waals surface area contributed by atoms with Gasteiger partial charge >= 0.3 is 5.69 Å². The van der Waals surface area contributed by atoms with Crippen molar-refractivity contribution >= 4 is 28.7 Å². The van der Waals surface area contributed by atoms with Gasteiger partial charge in [-0.2, -0.15) is 4.98 Å². The second-order valence-corrected chi connectivity index (χ2v) is 8.20. The van der Waals surface area contributed by atoms with E-state index < -0.39 is 11.2 Å². The normalized spacial score (nSPS) is 17.0. The minimum atomic E-state index is -0.553. The Labute approximate surface area is 189 Å². The highest BCUT2D eigenvalue weighted by Crippen LogP contribution is 2.15. The molecule has 1 aliphatic rings. The van der Waals surface area contributed by atoms with Gasteiger partial charge in [0.1, 0.15) is 6.54 Å². The van der Waals surface area contributed by atoms with Gasteiger partial charge in [-0.05, 0) is 17.2 Å². The number of carbonyl (C=O) groups excluding carboxylic acids is 1. The van der Waals surface area contributed by atoms with Crippen LogP contribution in [-0.2, 0) is 36.7 Å². The van der Waals surface area contributed by atoms with Crippen LogP contribution in [0.4, 0.5) is 0 Å². The molecule has 2 aromatic heterocycles. The number of fused-ring (bicyclic) bond motifs is 1. The monoisotopic (exact) mass is 460 g/mol. The van der Waals surface area contributed by atoms with E-state index in [0.717, 1.165) is 17.7 Å². The van der Waals surface area contributed by atoms with Crippen molar-refractivity contribution in [1.29, 1.82) is 0 Å². The number of hydrogen-bond acceptors (Lipinski definition) is 6. The van der Waals surface area contributed by atoms with Gasteiger partial charge in [-0.3, -0.25) is 28.2 Å². The van der Waals surface area contributed by atoms with Crippen LogP contribution in [0.1, 0.15) is 5.56 Å². The lowest BCUT2D eigenvalue weighted by Crippen LogP contribution is -2.47. The van der Waals surface area contributed by atoms with Gasteiger partial charge in [-0.1, -0.05) is 30.3 Å². The van der Waals surface area contributed by atoms with Crippen molar-refractivity contribution < 1.29 is 9.53 Å². The van der Waals surface area contributed by atoms with Crippen molar-refractivity contribution in [3.63, 3.8) is 0 Å². The smallest absolute Gasteiger partial charge is 0.332 e. The average molecular weight is 461 g/mol. The van der Waals surface area contributed by atoms with E-state index in [9.17, 15) is 14.4 Å². The van der Waals surface area contributed by atoms with Crippen molar-refractivity contribution in [1.82, 2.24) is 28.9 Å². The number of nitrogens with zero attached hydrogens (tertiary/aromatic N) is 5. The van der Waals surface area contributed by atoms with Crippen LogP contribution in [0, 0.1) is 0 Å². The Morgan fingerprint density at radius 3 is 2.72 bits per heavy atom. The summed E-state index contributed by atoms with van der Waals surface area (Å²) in [5.41, 5.74) is 0.417. The van der Waals surface area contributed by atoms with E-state index in [0.29, 0.717) is 19.7 Å². The lowest BCUT2D eigenvalue weighted by atomic mass is 10.2. The van der Waals surface area contributed by atoms with E-state index in [2.05, 4.69) is 27.3 Å². The molecule has 1 aliphatic heterocycles. The molecule has 1 saturated heterocycles. The lowest BCUT2D eigenvalue weighted by molar-refractivity contribution is -0.122. The fraction of sp³-hybridized carbons (Fsp3) is 0.429. The topological polar surface area (TPSA) is 103 Å². The quantitative estimate of drug-likeness (QED) is 0.523. The molecule has 10 nitrogen and oxygen atoms in total. The standard InChI is InChI=1S/C21H25ClN6O4/c1-25-18-17(19(30)26(2)21(25)31)28(20(22)24-18)13-16(29)23-10-15-12-27(8-9-32-15)11-14-6-4-3-5-7-14/h3-7,15H,8-13H2,1-2H3,(H,23,29)/t15-/m0/s1. The van der Waals surface area contributed by atoms with Gasteiger partial charge in [-0.15, -0.1) is 0 Å². The minimum absolute atomic E-state index is 0.0311. The molecule has 1 N–H and O–H groups in total. The first-order valence-corrected chi connectivity index (χ1v) is 10.7. The number of rotatable bonds is 6. The number of halogens is 1. The van der Waals surface area contributed by atoms with E-state index in [4.69, 9.17) is 16.3 Å². The second-order valence-electron chi connectivity index (χ2n) is 7.86. The highest BCUT2D eigenvalue weighted by molar-refractivity contribution is 6.29. The number of aromatic nitrogens is 4. The minimum Gasteiger partial charge on any atom is -0.374 e. The van der Waals surface area contributed by atoms with Crippen molar-refractivity contribution in [2.75, 3.05) is 26.2 Å². The average Bonchev–Trinajstić information content (AvgIpc) is 3.12. The zero-order valence-electron chi connectivity index (χ0n) is 18.0. The van der Waals surface area contributed by atoms with Crippen LogP contribution < -0.4 is 16.6 Å². The van der Waals surface area contributed by atoms with Gasteiger partial charge in [0.2, 0.25) is 11.2 Å². The largest absolute Gasteiger partial charge is 0.374 e. The Bertz CT molecular complexity index is 1250. The van der Waals surface area contributed by atoms with E-state index in [1.807, 2.05) is 18.2 Å². The molecule has 0 bridgehead atoms. The van der Waals surface area contributed by atoms with Crippen molar-refractivity contribution in [2.45, 2.75) is 19.2 Å². The molecular weight excluding hydrogens is 436 g/mol. The first kappa shape index (κ1) is 22.3. The molecule has 4 rings (SSSR count). The lowest BCUT2D eigenvalue weighted by Gasteiger charge is -2.33. The van der Waals surface area contributed by atoms with Crippen LogP contribution in [0.2, 0.25) is 5.28 Å².